The minimum Gasteiger partial charge on any atom is -0.464 e. The molecule has 0 N–H and O–H groups in total. The molecule has 0 aliphatic heterocycles. The quantitative estimate of drug-likeness (QED) is 0.767. The molecule has 0 saturated heterocycles. The van der Waals surface area contributed by atoms with E-state index in [0.29, 0.717) is 5.92 Å². The third-order valence-corrected chi connectivity index (χ3v) is 4.06. The van der Waals surface area contributed by atoms with Crippen molar-refractivity contribution in [2.24, 2.45) is 5.92 Å². The maximum absolute atomic E-state index is 11.2. The zero-order chi connectivity index (χ0) is 13.1. The Labute approximate surface area is 109 Å². The third-order valence-electron chi connectivity index (χ3n) is 3.01. The molecule has 0 unspecified atom stereocenters. The van der Waals surface area contributed by atoms with Crippen LogP contribution in [0.25, 0.3) is 0 Å². The van der Waals surface area contributed by atoms with Crippen LogP contribution in [0.2, 0.25) is 0 Å². The highest BCUT2D eigenvalue weighted by Crippen LogP contribution is 2.39. The molecule has 0 aromatic carbocycles. The summed E-state index contributed by atoms with van der Waals surface area (Å²) in [5.41, 5.74) is 0.235. The number of carbonyl (C=O) groups is 2. The van der Waals surface area contributed by atoms with E-state index in [1.54, 1.807) is 17.8 Å². The van der Waals surface area contributed by atoms with Gasteiger partial charge >= 0.3 is 5.97 Å². The molecule has 1 saturated carbocycles. The van der Waals surface area contributed by atoms with Crippen molar-refractivity contribution in [3.05, 3.63) is 11.9 Å². The summed E-state index contributed by atoms with van der Waals surface area (Å²) in [5.74, 6) is 0.948. The van der Waals surface area contributed by atoms with Gasteiger partial charge < -0.3 is 4.74 Å². The molecule has 1 aliphatic rings. The Morgan fingerprint density at radius 3 is 2.89 bits per heavy atom. The van der Waals surface area contributed by atoms with E-state index < -0.39 is 5.97 Å². The first kappa shape index (κ1) is 13.1. The molecule has 6 nitrogen and oxygen atoms in total. The molecule has 0 radical (unpaired) electrons. The van der Waals surface area contributed by atoms with Crippen molar-refractivity contribution >= 4 is 22.8 Å². The number of rotatable bonds is 4. The topological polar surface area (TPSA) is 74.1 Å². The number of ether oxygens (including phenoxy) is 1. The Hall–Kier alpha value is -1.37. The Balaban J connectivity index is 1.83. The molecule has 98 valence electrons. The summed E-state index contributed by atoms with van der Waals surface area (Å²) in [6.45, 7) is 1.58. The zero-order valence-electron chi connectivity index (χ0n) is 10.3. The van der Waals surface area contributed by atoms with Crippen molar-refractivity contribution in [3.63, 3.8) is 0 Å². The Bertz CT molecular complexity index is 454. The second kappa shape index (κ2) is 5.51. The van der Waals surface area contributed by atoms with E-state index in [-0.39, 0.29) is 16.9 Å². The predicted octanol–water partition coefficient (Wildman–Crippen LogP) is 1.30. The normalized spacial score (nSPS) is 22.3. The van der Waals surface area contributed by atoms with Crippen LogP contribution < -0.4 is 0 Å². The van der Waals surface area contributed by atoms with Crippen LogP contribution in [-0.4, -0.2) is 38.9 Å². The van der Waals surface area contributed by atoms with Gasteiger partial charge in [-0.3, -0.25) is 4.79 Å². The van der Waals surface area contributed by atoms with Crippen molar-refractivity contribution in [3.8, 4) is 0 Å². The molecule has 18 heavy (non-hydrogen) atoms. The molecule has 0 amide bonds. The molecule has 1 heterocycles. The summed E-state index contributed by atoms with van der Waals surface area (Å²) >= 11 is 1.37. The number of thioether (sulfide) groups is 1. The van der Waals surface area contributed by atoms with E-state index in [1.807, 2.05) is 0 Å². The van der Waals surface area contributed by atoms with Crippen LogP contribution in [0.5, 0.6) is 0 Å². The summed E-state index contributed by atoms with van der Waals surface area (Å²) in [6, 6.07) is 0.286. The second-order valence-electron chi connectivity index (χ2n) is 4.37. The number of nitrogens with zero attached hydrogens (tertiary/aromatic N) is 3. The van der Waals surface area contributed by atoms with E-state index in [0.717, 1.165) is 18.6 Å². The van der Waals surface area contributed by atoms with Gasteiger partial charge in [0.1, 0.15) is 0 Å². The second-order valence-corrected chi connectivity index (χ2v) is 5.57. The first-order chi connectivity index (χ1) is 8.60. The minimum absolute atomic E-state index is 0.159. The van der Waals surface area contributed by atoms with E-state index in [2.05, 4.69) is 15.0 Å². The first-order valence-corrected chi connectivity index (χ1v) is 6.72. The Morgan fingerprint density at radius 2 is 2.28 bits per heavy atom. The van der Waals surface area contributed by atoms with E-state index >= 15 is 0 Å². The average molecular weight is 269 g/mol. The van der Waals surface area contributed by atoms with Crippen LogP contribution in [0, 0.1) is 5.92 Å². The number of hydrogen-bond donors (Lipinski definition) is 0. The Morgan fingerprint density at radius 1 is 1.56 bits per heavy atom. The van der Waals surface area contributed by atoms with Crippen LogP contribution in [0.4, 0.5) is 0 Å². The molecule has 2 rings (SSSR count). The lowest BCUT2D eigenvalue weighted by molar-refractivity contribution is -0.109. The third kappa shape index (κ3) is 2.90. The fourth-order valence-electron chi connectivity index (χ4n) is 1.94. The van der Waals surface area contributed by atoms with Crippen LogP contribution >= 0.6 is 11.8 Å². The average Bonchev–Trinajstić information content (AvgIpc) is 2.74. The van der Waals surface area contributed by atoms with Gasteiger partial charge in [-0.1, -0.05) is 17.0 Å². The number of esters is 1. The first-order valence-electron chi connectivity index (χ1n) is 5.73. The Kier molecular flexibility index (Phi) is 4.00. The molecular formula is C11H15N3O3S. The summed E-state index contributed by atoms with van der Waals surface area (Å²) < 4.78 is 6.28. The smallest absolute Gasteiger partial charge is 0.360 e. The van der Waals surface area contributed by atoms with Gasteiger partial charge in [-0.25, -0.2) is 9.48 Å². The SMILES string of the molecule is COC(=O)c1cn(C2CC(CSC(C)=O)C2)nn1. The monoisotopic (exact) mass is 269 g/mol. The number of aromatic nitrogens is 3. The highest BCUT2D eigenvalue weighted by molar-refractivity contribution is 8.13. The molecular weight excluding hydrogens is 254 g/mol. The number of hydrogen-bond acceptors (Lipinski definition) is 6. The van der Waals surface area contributed by atoms with Crippen molar-refractivity contribution in [1.29, 1.82) is 0 Å². The van der Waals surface area contributed by atoms with Gasteiger partial charge in [-0.2, -0.15) is 0 Å². The summed E-state index contributed by atoms with van der Waals surface area (Å²) in [5, 5.41) is 7.86. The molecule has 1 aromatic heterocycles. The summed E-state index contributed by atoms with van der Waals surface area (Å²) in [6.07, 6.45) is 3.57. The van der Waals surface area contributed by atoms with Crippen LogP contribution in [0.15, 0.2) is 6.20 Å². The maximum atomic E-state index is 11.2. The molecule has 0 bridgehead atoms. The predicted molar refractivity (Wildman–Crippen MR) is 66.3 cm³/mol. The highest BCUT2D eigenvalue weighted by atomic mass is 32.2. The van der Waals surface area contributed by atoms with Gasteiger partial charge in [0.15, 0.2) is 10.8 Å². The highest BCUT2D eigenvalue weighted by Gasteiger charge is 2.32. The lowest BCUT2D eigenvalue weighted by Crippen LogP contribution is -2.29. The summed E-state index contributed by atoms with van der Waals surface area (Å²) in [4.78, 5) is 22.1. The van der Waals surface area contributed by atoms with Crippen LogP contribution in [0.1, 0.15) is 36.3 Å². The van der Waals surface area contributed by atoms with Gasteiger partial charge in [-0.05, 0) is 18.8 Å². The number of methoxy groups -OCH3 is 1. The minimum atomic E-state index is -0.468. The summed E-state index contributed by atoms with van der Waals surface area (Å²) in [7, 11) is 1.32. The van der Waals surface area contributed by atoms with Gasteiger partial charge in [0.05, 0.1) is 19.3 Å². The van der Waals surface area contributed by atoms with E-state index in [9.17, 15) is 9.59 Å². The van der Waals surface area contributed by atoms with Crippen molar-refractivity contribution < 1.29 is 14.3 Å². The van der Waals surface area contributed by atoms with E-state index in [1.165, 1.54) is 18.9 Å². The van der Waals surface area contributed by atoms with Gasteiger partial charge in [0.2, 0.25) is 0 Å². The fraction of sp³-hybridized carbons (Fsp3) is 0.636. The van der Waals surface area contributed by atoms with Crippen molar-refractivity contribution in [1.82, 2.24) is 15.0 Å². The number of carbonyl (C=O) groups excluding carboxylic acids is 2. The largest absolute Gasteiger partial charge is 0.464 e. The molecule has 7 heteroatoms. The van der Waals surface area contributed by atoms with Crippen LogP contribution in [-0.2, 0) is 9.53 Å². The van der Waals surface area contributed by atoms with Crippen molar-refractivity contribution in [2.45, 2.75) is 25.8 Å². The zero-order valence-corrected chi connectivity index (χ0v) is 11.1. The van der Waals surface area contributed by atoms with Gasteiger partial charge in [0, 0.05) is 12.7 Å². The standard InChI is InChI=1S/C11H15N3O3S/c1-7(15)18-6-8-3-9(4-8)14-5-10(12-13-14)11(16)17-2/h5,8-9H,3-4,6H2,1-2H3. The molecule has 1 aromatic rings. The van der Waals surface area contributed by atoms with Gasteiger partial charge in [0.25, 0.3) is 0 Å². The molecule has 1 fully saturated rings. The molecule has 1 aliphatic carbocycles. The van der Waals surface area contributed by atoms with Gasteiger partial charge in [-0.15, -0.1) is 5.10 Å². The molecule has 0 spiro atoms. The molecule has 0 atom stereocenters. The van der Waals surface area contributed by atoms with Crippen LogP contribution in [0.3, 0.4) is 0 Å². The maximum Gasteiger partial charge on any atom is 0.360 e. The van der Waals surface area contributed by atoms with E-state index in [4.69, 9.17) is 0 Å². The fourth-order valence-corrected chi connectivity index (χ4v) is 2.68. The lowest BCUT2D eigenvalue weighted by atomic mass is 9.82. The van der Waals surface area contributed by atoms with Crippen molar-refractivity contribution in [2.75, 3.05) is 12.9 Å². The lowest BCUT2D eigenvalue weighted by Gasteiger charge is -2.34.